The van der Waals surface area contributed by atoms with Gasteiger partial charge in [0.15, 0.2) is 0 Å². The first-order valence-electron chi connectivity index (χ1n) is 4.81. The van der Waals surface area contributed by atoms with Crippen molar-refractivity contribution in [2.24, 2.45) is 0 Å². The SMILES string of the molecule is C[C@@]1(O)[C@H](O)c2ccccc2[C@H](O)[C@@H]1O. The van der Waals surface area contributed by atoms with Gasteiger partial charge >= 0.3 is 0 Å². The van der Waals surface area contributed by atoms with Gasteiger partial charge in [0, 0.05) is 0 Å². The third-order valence-electron chi connectivity index (χ3n) is 3.06. The number of aliphatic hydroxyl groups is 4. The lowest BCUT2D eigenvalue weighted by molar-refractivity contribution is -0.181. The summed E-state index contributed by atoms with van der Waals surface area (Å²) in [5.41, 5.74) is -0.808. The van der Waals surface area contributed by atoms with Crippen LogP contribution >= 0.6 is 0 Å². The van der Waals surface area contributed by atoms with E-state index in [1.807, 2.05) is 0 Å². The molecule has 15 heavy (non-hydrogen) atoms. The molecule has 0 fully saturated rings. The van der Waals surface area contributed by atoms with Crippen LogP contribution in [0, 0.1) is 0 Å². The zero-order chi connectivity index (χ0) is 11.2. The minimum Gasteiger partial charge on any atom is -0.387 e. The molecule has 82 valence electrons. The summed E-state index contributed by atoms with van der Waals surface area (Å²) < 4.78 is 0. The fraction of sp³-hybridized carbons (Fsp3) is 0.455. The minimum absolute atomic E-state index is 0.459. The number of benzene rings is 1. The molecule has 2 rings (SSSR count). The fourth-order valence-electron chi connectivity index (χ4n) is 2.00. The summed E-state index contributed by atoms with van der Waals surface area (Å²) in [4.78, 5) is 0. The molecule has 0 aromatic heterocycles. The molecular formula is C11H14O4. The molecule has 0 saturated carbocycles. The number of rotatable bonds is 0. The van der Waals surface area contributed by atoms with Crippen molar-refractivity contribution in [1.29, 1.82) is 0 Å². The standard InChI is InChI=1S/C11H14O4/c1-11(15)9(13)7-5-3-2-4-6(7)8(12)10(11)14/h2-5,8-10,12-15H,1H3/t8-,9+,10-,11+/m0/s1. The summed E-state index contributed by atoms with van der Waals surface area (Å²) in [5, 5.41) is 39.1. The van der Waals surface area contributed by atoms with Crippen molar-refractivity contribution in [3.05, 3.63) is 35.4 Å². The molecule has 0 unspecified atom stereocenters. The first kappa shape index (κ1) is 10.6. The van der Waals surface area contributed by atoms with Gasteiger partial charge in [0.2, 0.25) is 0 Å². The van der Waals surface area contributed by atoms with Crippen LogP contribution in [0.4, 0.5) is 0 Å². The van der Waals surface area contributed by atoms with Crippen LogP contribution in [0.25, 0.3) is 0 Å². The van der Waals surface area contributed by atoms with E-state index in [0.29, 0.717) is 11.1 Å². The lowest BCUT2D eigenvalue weighted by Gasteiger charge is -2.42. The van der Waals surface area contributed by atoms with E-state index >= 15 is 0 Å². The van der Waals surface area contributed by atoms with Crippen molar-refractivity contribution < 1.29 is 20.4 Å². The highest BCUT2D eigenvalue weighted by molar-refractivity contribution is 5.37. The maximum atomic E-state index is 9.87. The second-order valence-corrected chi connectivity index (χ2v) is 4.15. The molecule has 0 bridgehead atoms. The van der Waals surface area contributed by atoms with Crippen molar-refractivity contribution in [3.8, 4) is 0 Å². The number of hydrogen-bond acceptors (Lipinski definition) is 4. The van der Waals surface area contributed by atoms with E-state index in [0.717, 1.165) is 0 Å². The molecule has 0 amide bonds. The first-order chi connectivity index (χ1) is 6.96. The van der Waals surface area contributed by atoms with Crippen molar-refractivity contribution in [1.82, 2.24) is 0 Å². The Morgan fingerprint density at radius 2 is 1.60 bits per heavy atom. The summed E-state index contributed by atoms with van der Waals surface area (Å²) in [6, 6.07) is 6.68. The van der Waals surface area contributed by atoms with Gasteiger partial charge in [0.1, 0.15) is 23.9 Å². The van der Waals surface area contributed by atoms with Crippen LogP contribution in [0.2, 0.25) is 0 Å². The first-order valence-corrected chi connectivity index (χ1v) is 4.81. The molecule has 4 N–H and O–H groups in total. The summed E-state index contributed by atoms with van der Waals surface area (Å²) in [5.74, 6) is 0. The van der Waals surface area contributed by atoms with Gasteiger partial charge in [-0.25, -0.2) is 0 Å². The Hall–Kier alpha value is -0.940. The van der Waals surface area contributed by atoms with Gasteiger partial charge in [0.25, 0.3) is 0 Å². The molecular weight excluding hydrogens is 196 g/mol. The topological polar surface area (TPSA) is 80.9 Å². The summed E-state index contributed by atoms with van der Waals surface area (Å²) in [7, 11) is 0. The molecule has 0 saturated heterocycles. The van der Waals surface area contributed by atoms with E-state index < -0.39 is 23.9 Å². The van der Waals surface area contributed by atoms with Crippen LogP contribution in [0.5, 0.6) is 0 Å². The lowest BCUT2D eigenvalue weighted by atomic mass is 9.75. The maximum Gasteiger partial charge on any atom is 0.120 e. The molecule has 1 aliphatic rings. The summed E-state index contributed by atoms with van der Waals surface area (Å²) in [6.45, 7) is 1.31. The van der Waals surface area contributed by atoms with Gasteiger partial charge in [-0.1, -0.05) is 24.3 Å². The average Bonchev–Trinajstić information content (AvgIpc) is 2.24. The number of fused-ring (bicyclic) bond motifs is 1. The third kappa shape index (κ3) is 1.38. The molecule has 1 aromatic carbocycles. The van der Waals surface area contributed by atoms with E-state index in [2.05, 4.69) is 0 Å². The van der Waals surface area contributed by atoms with E-state index in [9.17, 15) is 20.4 Å². The predicted octanol–water partition coefficient (Wildman–Crippen LogP) is -0.121. The van der Waals surface area contributed by atoms with Crippen molar-refractivity contribution >= 4 is 0 Å². The van der Waals surface area contributed by atoms with Crippen LogP contribution in [0.1, 0.15) is 30.3 Å². The van der Waals surface area contributed by atoms with E-state index in [-0.39, 0.29) is 0 Å². The molecule has 4 heteroatoms. The predicted molar refractivity (Wildman–Crippen MR) is 53.0 cm³/mol. The zero-order valence-corrected chi connectivity index (χ0v) is 8.33. The van der Waals surface area contributed by atoms with Gasteiger partial charge < -0.3 is 20.4 Å². The molecule has 1 aliphatic carbocycles. The molecule has 0 spiro atoms. The second kappa shape index (κ2) is 3.28. The third-order valence-corrected chi connectivity index (χ3v) is 3.06. The molecule has 0 heterocycles. The van der Waals surface area contributed by atoms with Gasteiger partial charge in [0.05, 0.1) is 0 Å². The summed E-state index contributed by atoms with van der Waals surface area (Å²) >= 11 is 0. The average molecular weight is 210 g/mol. The normalized spacial score (nSPS) is 39.9. The van der Waals surface area contributed by atoms with Crippen LogP contribution in [0.15, 0.2) is 24.3 Å². The van der Waals surface area contributed by atoms with E-state index in [1.54, 1.807) is 24.3 Å². The van der Waals surface area contributed by atoms with Crippen LogP contribution in [-0.2, 0) is 0 Å². The van der Waals surface area contributed by atoms with Crippen LogP contribution in [-0.4, -0.2) is 32.1 Å². The van der Waals surface area contributed by atoms with Crippen LogP contribution < -0.4 is 0 Å². The smallest absolute Gasteiger partial charge is 0.120 e. The highest BCUT2D eigenvalue weighted by atomic mass is 16.4. The fourth-order valence-corrected chi connectivity index (χ4v) is 2.00. The molecule has 4 nitrogen and oxygen atoms in total. The molecule has 0 radical (unpaired) electrons. The second-order valence-electron chi connectivity index (χ2n) is 4.15. The van der Waals surface area contributed by atoms with Gasteiger partial charge in [-0.15, -0.1) is 0 Å². The highest BCUT2D eigenvalue weighted by Crippen LogP contribution is 2.42. The zero-order valence-electron chi connectivity index (χ0n) is 8.33. The van der Waals surface area contributed by atoms with Crippen LogP contribution in [0.3, 0.4) is 0 Å². The largest absolute Gasteiger partial charge is 0.387 e. The van der Waals surface area contributed by atoms with E-state index in [4.69, 9.17) is 0 Å². The lowest BCUT2D eigenvalue weighted by Crippen LogP contribution is -2.51. The molecule has 1 aromatic rings. The maximum absolute atomic E-state index is 9.87. The highest BCUT2D eigenvalue weighted by Gasteiger charge is 2.48. The van der Waals surface area contributed by atoms with E-state index in [1.165, 1.54) is 6.92 Å². The Morgan fingerprint density at radius 1 is 1.07 bits per heavy atom. The van der Waals surface area contributed by atoms with Gasteiger partial charge in [-0.3, -0.25) is 0 Å². The van der Waals surface area contributed by atoms with Crippen molar-refractivity contribution in [2.45, 2.75) is 30.8 Å². The van der Waals surface area contributed by atoms with Crippen molar-refractivity contribution in [3.63, 3.8) is 0 Å². The Bertz CT molecular complexity index is 375. The summed E-state index contributed by atoms with van der Waals surface area (Å²) in [6.07, 6.45) is -3.74. The Morgan fingerprint density at radius 3 is 2.20 bits per heavy atom. The Labute approximate surface area is 87.4 Å². The Balaban J connectivity index is 2.57. The molecule has 4 atom stereocenters. The monoisotopic (exact) mass is 210 g/mol. The minimum atomic E-state index is -1.73. The Kier molecular flexibility index (Phi) is 2.31. The van der Waals surface area contributed by atoms with Gasteiger partial charge in [-0.2, -0.15) is 0 Å². The number of aliphatic hydroxyl groups excluding tert-OH is 3. The van der Waals surface area contributed by atoms with Gasteiger partial charge in [-0.05, 0) is 18.1 Å². The van der Waals surface area contributed by atoms with Crippen molar-refractivity contribution in [2.75, 3.05) is 0 Å². The molecule has 0 aliphatic heterocycles. The number of hydrogen-bond donors (Lipinski definition) is 4. The quantitative estimate of drug-likeness (QED) is 0.481.